The van der Waals surface area contributed by atoms with Crippen molar-refractivity contribution in [1.29, 1.82) is 0 Å². The lowest BCUT2D eigenvalue weighted by Crippen LogP contribution is -2.50. The van der Waals surface area contributed by atoms with Crippen LogP contribution >= 0.6 is 0 Å². The molecule has 22 heavy (non-hydrogen) atoms. The Balaban J connectivity index is 1.62. The second-order valence-corrected chi connectivity index (χ2v) is 6.10. The molecule has 3 rings (SSSR count). The normalized spacial score (nSPS) is 26.1. The van der Waals surface area contributed by atoms with E-state index in [0.29, 0.717) is 19.7 Å². The molecule has 2 atom stereocenters. The van der Waals surface area contributed by atoms with Crippen LogP contribution in [-0.2, 0) is 9.53 Å². The van der Waals surface area contributed by atoms with Gasteiger partial charge < -0.3 is 4.74 Å². The summed E-state index contributed by atoms with van der Waals surface area (Å²) in [5.74, 6) is 0.0758. The Morgan fingerprint density at radius 2 is 2.09 bits per heavy atom. The third-order valence-corrected chi connectivity index (χ3v) is 4.27. The van der Waals surface area contributed by atoms with Gasteiger partial charge in [-0.15, -0.1) is 0 Å². The van der Waals surface area contributed by atoms with E-state index in [-0.39, 0.29) is 18.1 Å². The lowest BCUT2D eigenvalue weighted by molar-refractivity contribution is -0.135. The molecule has 1 aromatic rings. The highest BCUT2D eigenvalue weighted by Gasteiger charge is 2.28. The molecule has 0 aromatic heterocycles. The van der Waals surface area contributed by atoms with Crippen molar-refractivity contribution in [1.82, 2.24) is 9.91 Å². The Labute approximate surface area is 131 Å². The van der Waals surface area contributed by atoms with Crippen LogP contribution in [0.2, 0.25) is 0 Å². The summed E-state index contributed by atoms with van der Waals surface area (Å²) in [4.78, 5) is 14.7. The van der Waals surface area contributed by atoms with Crippen molar-refractivity contribution in [3.63, 3.8) is 0 Å². The molecule has 2 aliphatic rings. The molecule has 0 aliphatic carbocycles. The summed E-state index contributed by atoms with van der Waals surface area (Å²) in [5.41, 5.74) is 2.10. The van der Waals surface area contributed by atoms with Gasteiger partial charge in [0.05, 0.1) is 31.5 Å². The predicted molar refractivity (Wildman–Crippen MR) is 85.8 cm³/mol. The first-order valence-electron chi connectivity index (χ1n) is 7.92. The fourth-order valence-electron chi connectivity index (χ4n) is 2.92. The van der Waals surface area contributed by atoms with Crippen molar-refractivity contribution >= 4 is 11.6 Å². The Hall–Kier alpha value is -1.72. The summed E-state index contributed by atoms with van der Waals surface area (Å²) in [6.07, 6.45) is 1.01. The molecule has 0 saturated carbocycles. The van der Waals surface area contributed by atoms with Crippen LogP contribution < -0.4 is 0 Å². The van der Waals surface area contributed by atoms with E-state index in [2.05, 4.69) is 16.9 Å². The molecule has 0 unspecified atom stereocenters. The van der Waals surface area contributed by atoms with Gasteiger partial charge >= 0.3 is 0 Å². The highest BCUT2D eigenvalue weighted by atomic mass is 16.5. The summed E-state index contributed by atoms with van der Waals surface area (Å²) >= 11 is 0. The Morgan fingerprint density at radius 1 is 1.32 bits per heavy atom. The van der Waals surface area contributed by atoms with Crippen molar-refractivity contribution in [2.24, 2.45) is 5.10 Å². The molecule has 1 fully saturated rings. The zero-order chi connectivity index (χ0) is 15.5. The number of carbonyl (C=O) groups excluding carboxylic acids is 1. The van der Waals surface area contributed by atoms with Crippen LogP contribution in [0.3, 0.4) is 0 Å². The molecule has 2 heterocycles. The SMILES string of the molecule is C[C@@H]1CO[C@@H](C)CN1CC(=O)N1CCC(c2ccccc2)=N1. The van der Waals surface area contributed by atoms with E-state index in [4.69, 9.17) is 4.74 Å². The maximum Gasteiger partial charge on any atom is 0.256 e. The predicted octanol–water partition coefficient (Wildman–Crippen LogP) is 1.73. The standard InChI is InChI=1S/C17H23N3O2/c1-13-12-22-14(2)10-19(13)11-17(21)20-9-8-16(18-20)15-6-4-3-5-7-15/h3-7,13-14H,8-12H2,1-2H3/t13-,14+/m1/s1. The minimum absolute atomic E-state index is 0.0758. The van der Waals surface area contributed by atoms with Crippen molar-refractivity contribution < 1.29 is 9.53 Å². The number of ether oxygens (including phenoxy) is 1. The Bertz CT molecular complexity index is 558. The first-order chi connectivity index (χ1) is 10.6. The third-order valence-electron chi connectivity index (χ3n) is 4.27. The molecule has 5 nitrogen and oxygen atoms in total. The number of hydrogen-bond acceptors (Lipinski definition) is 4. The van der Waals surface area contributed by atoms with Crippen LogP contribution in [-0.4, -0.2) is 59.9 Å². The first kappa shape index (κ1) is 15.2. The lowest BCUT2D eigenvalue weighted by Gasteiger charge is -2.36. The van der Waals surface area contributed by atoms with Crippen LogP contribution in [0.25, 0.3) is 0 Å². The van der Waals surface area contributed by atoms with Crippen LogP contribution in [0.4, 0.5) is 0 Å². The van der Waals surface area contributed by atoms with E-state index in [0.717, 1.165) is 24.2 Å². The minimum Gasteiger partial charge on any atom is -0.376 e. The Kier molecular flexibility index (Phi) is 4.55. The van der Waals surface area contributed by atoms with Gasteiger partial charge in [-0.05, 0) is 19.4 Å². The largest absolute Gasteiger partial charge is 0.376 e. The maximum absolute atomic E-state index is 12.5. The number of nitrogens with zero attached hydrogens (tertiary/aromatic N) is 3. The zero-order valence-corrected chi connectivity index (χ0v) is 13.2. The smallest absolute Gasteiger partial charge is 0.256 e. The molecule has 0 spiro atoms. The van der Waals surface area contributed by atoms with Gasteiger partial charge in [0, 0.05) is 19.0 Å². The van der Waals surface area contributed by atoms with Gasteiger partial charge in [0.25, 0.3) is 5.91 Å². The highest BCUT2D eigenvalue weighted by Crippen LogP contribution is 2.16. The Morgan fingerprint density at radius 3 is 2.86 bits per heavy atom. The summed E-state index contributed by atoms with van der Waals surface area (Å²) in [7, 11) is 0. The van der Waals surface area contributed by atoms with Gasteiger partial charge in [-0.1, -0.05) is 30.3 Å². The number of rotatable bonds is 3. The zero-order valence-electron chi connectivity index (χ0n) is 13.2. The van der Waals surface area contributed by atoms with Crippen molar-refractivity contribution in [2.45, 2.75) is 32.4 Å². The molecular formula is C17H23N3O2. The van der Waals surface area contributed by atoms with Gasteiger partial charge in [-0.25, -0.2) is 5.01 Å². The van der Waals surface area contributed by atoms with Gasteiger partial charge in [-0.3, -0.25) is 9.69 Å². The summed E-state index contributed by atoms with van der Waals surface area (Å²) in [5, 5.41) is 6.13. The van der Waals surface area contributed by atoms with E-state index >= 15 is 0 Å². The van der Waals surface area contributed by atoms with Crippen LogP contribution in [0.5, 0.6) is 0 Å². The number of morpholine rings is 1. The number of amides is 1. The van der Waals surface area contributed by atoms with E-state index in [1.54, 1.807) is 5.01 Å². The van der Waals surface area contributed by atoms with Gasteiger partial charge in [0.15, 0.2) is 0 Å². The second kappa shape index (κ2) is 6.58. The number of benzene rings is 1. The van der Waals surface area contributed by atoms with Gasteiger partial charge in [0.1, 0.15) is 0 Å². The molecule has 1 saturated heterocycles. The molecular weight excluding hydrogens is 278 g/mol. The van der Waals surface area contributed by atoms with Crippen LogP contribution in [0, 0.1) is 0 Å². The molecule has 118 valence electrons. The fraction of sp³-hybridized carbons (Fsp3) is 0.529. The average molecular weight is 301 g/mol. The number of hydrazone groups is 1. The molecule has 1 amide bonds. The number of carbonyl (C=O) groups is 1. The highest BCUT2D eigenvalue weighted by molar-refractivity contribution is 6.02. The molecule has 1 aromatic carbocycles. The van der Waals surface area contributed by atoms with Crippen molar-refractivity contribution in [3.8, 4) is 0 Å². The van der Waals surface area contributed by atoms with Crippen LogP contribution in [0.1, 0.15) is 25.8 Å². The van der Waals surface area contributed by atoms with E-state index in [1.165, 1.54) is 0 Å². The van der Waals surface area contributed by atoms with E-state index in [1.807, 2.05) is 37.3 Å². The second-order valence-electron chi connectivity index (χ2n) is 6.10. The maximum atomic E-state index is 12.5. The van der Waals surface area contributed by atoms with Crippen molar-refractivity contribution in [3.05, 3.63) is 35.9 Å². The average Bonchev–Trinajstić information content (AvgIpc) is 3.02. The summed E-state index contributed by atoms with van der Waals surface area (Å²) < 4.78 is 5.61. The first-order valence-corrected chi connectivity index (χ1v) is 7.92. The van der Waals surface area contributed by atoms with E-state index in [9.17, 15) is 4.79 Å². The molecule has 0 bridgehead atoms. The lowest BCUT2D eigenvalue weighted by atomic mass is 10.1. The summed E-state index contributed by atoms with van der Waals surface area (Å²) in [6, 6.07) is 10.3. The quantitative estimate of drug-likeness (QED) is 0.854. The topological polar surface area (TPSA) is 45.1 Å². The van der Waals surface area contributed by atoms with Gasteiger partial charge in [-0.2, -0.15) is 5.10 Å². The third kappa shape index (κ3) is 3.36. The number of hydrogen-bond donors (Lipinski definition) is 0. The van der Waals surface area contributed by atoms with Gasteiger partial charge in [0.2, 0.25) is 0 Å². The monoisotopic (exact) mass is 301 g/mol. The van der Waals surface area contributed by atoms with E-state index < -0.39 is 0 Å². The summed E-state index contributed by atoms with van der Waals surface area (Å²) in [6.45, 7) is 6.73. The molecule has 5 heteroatoms. The molecule has 0 radical (unpaired) electrons. The molecule has 0 N–H and O–H groups in total. The van der Waals surface area contributed by atoms with Crippen molar-refractivity contribution in [2.75, 3.05) is 26.2 Å². The molecule has 2 aliphatic heterocycles. The minimum atomic E-state index is 0.0758. The van der Waals surface area contributed by atoms with Crippen LogP contribution in [0.15, 0.2) is 35.4 Å². The fourth-order valence-corrected chi connectivity index (χ4v) is 2.92.